The van der Waals surface area contributed by atoms with Crippen LogP contribution in [0.1, 0.15) is 18.9 Å². The summed E-state index contributed by atoms with van der Waals surface area (Å²) >= 11 is 0. The van der Waals surface area contributed by atoms with Crippen molar-refractivity contribution >= 4 is 5.91 Å². The highest BCUT2D eigenvalue weighted by atomic mass is 19.1. The van der Waals surface area contributed by atoms with E-state index in [1.54, 1.807) is 6.07 Å². The Balaban J connectivity index is 2.43. The highest BCUT2D eigenvalue weighted by molar-refractivity contribution is 5.78. The number of halogens is 1. The SMILES string of the molecule is CC(Cc1cccc(F)c1)C(=O)NCCCN. The van der Waals surface area contributed by atoms with Gasteiger partial charge in [-0.15, -0.1) is 0 Å². The lowest BCUT2D eigenvalue weighted by atomic mass is 10.0. The van der Waals surface area contributed by atoms with Crippen molar-refractivity contribution in [1.29, 1.82) is 0 Å². The summed E-state index contributed by atoms with van der Waals surface area (Å²) in [5.74, 6) is -0.435. The molecule has 0 aliphatic rings. The lowest BCUT2D eigenvalue weighted by molar-refractivity contribution is -0.124. The van der Waals surface area contributed by atoms with Crippen LogP contribution >= 0.6 is 0 Å². The molecule has 0 spiro atoms. The summed E-state index contributed by atoms with van der Waals surface area (Å²) in [4.78, 5) is 11.7. The number of hydrogen-bond donors (Lipinski definition) is 2. The molecule has 0 bridgehead atoms. The molecule has 1 atom stereocenters. The van der Waals surface area contributed by atoms with Crippen molar-refractivity contribution in [2.24, 2.45) is 11.7 Å². The number of hydrogen-bond acceptors (Lipinski definition) is 2. The van der Waals surface area contributed by atoms with E-state index < -0.39 is 0 Å². The van der Waals surface area contributed by atoms with Gasteiger partial charge in [-0.05, 0) is 37.1 Å². The molecule has 0 aliphatic heterocycles. The van der Waals surface area contributed by atoms with Gasteiger partial charge in [0.15, 0.2) is 0 Å². The van der Waals surface area contributed by atoms with Gasteiger partial charge in [-0.3, -0.25) is 4.79 Å². The van der Waals surface area contributed by atoms with Crippen LogP contribution in [0.25, 0.3) is 0 Å². The molecule has 3 N–H and O–H groups in total. The summed E-state index contributed by atoms with van der Waals surface area (Å²) in [5.41, 5.74) is 6.18. The predicted octanol–water partition coefficient (Wildman–Crippen LogP) is 1.47. The second-order valence-corrected chi connectivity index (χ2v) is 4.17. The summed E-state index contributed by atoms with van der Waals surface area (Å²) in [6, 6.07) is 6.34. The largest absolute Gasteiger partial charge is 0.356 e. The van der Waals surface area contributed by atoms with Crippen molar-refractivity contribution in [3.63, 3.8) is 0 Å². The van der Waals surface area contributed by atoms with E-state index in [4.69, 9.17) is 5.73 Å². The third-order valence-corrected chi connectivity index (χ3v) is 2.56. The molecular weight excluding hydrogens is 219 g/mol. The Morgan fingerprint density at radius 2 is 2.29 bits per heavy atom. The van der Waals surface area contributed by atoms with E-state index in [1.807, 2.05) is 13.0 Å². The molecule has 0 aromatic heterocycles. The van der Waals surface area contributed by atoms with Gasteiger partial charge in [0.1, 0.15) is 5.82 Å². The third-order valence-electron chi connectivity index (χ3n) is 2.56. The van der Waals surface area contributed by atoms with Gasteiger partial charge in [0.2, 0.25) is 5.91 Å². The topological polar surface area (TPSA) is 55.1 Å². The smallest absolute Gasteiger partial charge is 0.223 e. The van der Waals surface area contributed by atoms with Crippen molar-refractivity contribution in [3.05, 3.63) is 35.6 Å². The van der Waals surface area contributed by atoms with Gasteiger partial charge in [-0.1, -0.05) is 19.1 Å². The number of nitrogens with one attached hydrogen (secondary N) is 1. The van der Waals surface area contributed by atoms with Crippen molar-refractivity contribution in [1.82, 2.24) is 5.32 Å². The Kier molecular flexibility index (Phi) is 5.63. The number of carbonyl (C=O) groups is 1. The van der Waals surface area contributed by atoms with Gasteiger partial charge in [0, 0.05) is 12.5 Å². The maximum absolute atomic E-state index is 13.0. The lowest BCUT2D eigenvalue weighted by Crippen LogP contribution is -2.31. The minimum Gasteiger partial charge on any atom is -0.356 e. The molecule has 94 valence electrons. The Hall–Kier alpha value is -1.42. The number of carbonyl (C=O) groups excluding carboxylic acids is 1. The van der Waals surface area contributed by atoms with Gasteiger partial charge >= 0.3 is 0 Å². The number of amides is 1. The van der Waals surface area contributed by atoms with Gasteiger partial charge in [-0.2, -0.15) is 0 Å². The van der Waals surface area contributed by atoms with Gasteiger partial charge in [-0.25, -0.2) is 4.39 Å². The van der Waals surface area contributed by atoms with Gasteiger partial charge < -0.3 is 11.1 Å². The Morgan fingerprint density at radius 3 is 2.94 bits per heavy atom. The van der Waals surface area contributed by atoms with Crippen LogP contribution in [0.4, 0.5) is 4.39 Å². The zero-order valence-corrected chi connectivity index (χ0v) is 10.1. The summed E-state index contributed by atoms with van der Waals surface area (Å²) < 4.78 is 13.0. The van der Waals surface area contributed by atoms with E-state index in [9.17, 15) is 9.18 Å². The average Bonchev–Trinajstić information content (AvgIpc) is 2.29. The molecule has 0 saturated carbocycles. The molecule has 4 heteroatoms. The summed E-state index contributed by atoms with van der Waals surface area (Å²) in [5, 5.41) is 2.81. The van der Waals surface area contributed by atoms with E-state index in [0.29, 0.717) is 19.5 Å². The minimum absolute atomic E-state index is 0.0114. The molecule has 1 aromatic carbocycles. The zero-order valence-electron chi connectivity index (χ0n) is 10.1. The second-order valence-electron chi connectivity index (χ2n) is 4.17. The number of benzene rings is 1. The van der Waals surface area contributed by atoms with Crippen LogP contribution in [0.15, 0.2) is 24.3 Å². The standard InChI is InChI=1S/C13H19FN2O/c1-10(13(17)16-7-3-6-15)8-11-4-2-5-12(14)9-11/h2,4-5,9-10H,3,6-8,15H2,1H3,(H,16,17). The maximum atomic E-state index is 13.0. The van der Waals surface area contributed by atoms with Crippen LogP contribution in [0, 0.1) is 11.7 Å². The number of rotatable bonds is 6. The maximum Gasteiger partial charge on any atom is 0.223 e. The molecule has 0 aliphatic carbocycles. The van der Waals surface area contributed by atoms with Gasteiger partial charge in [0.25, 0.3) is 0 Å². The average molecular weight is 238 g/mol. The van der Waals surface area contributed by atoms with E-state index >= 15 is 0 Å². The molecule has 0 radical (unpaired) electrons. The van der Waals surface area contributed by atoms with Crippen LogP contribution in [-0.4, -0.2) is 19.0 Å². The molecule has 1 amide bonds. The molecule has 0 fully saturated rings. The zero-order chi connectivity index (χ0) is 12.7. The van der Waals surface area contributed by atoms with E-state index in [2.05, 4.69) is 5.32 Å². The Labute approximate surface area is 101 Å². The van der Waals surface area contributed by atoms with Crippen LogP contribution in [0.5, 0.6) is 0 Å². The van der Waals surface area contributed by atoms with Crippen molar-refractivity contribution in [3.8, 4) is 0 Å². The lowest BCUT2D eigenvalue weighted by Gasteiger charge is -2.12. The molecule has 1 unspecified atom stereocenters. The molecule has 17 heavy (non-hydrogen) atoms. The molecule has 0 heterocycles. The highest BCUT2D eigenvalue weighted by Crippen LogP contribution is 2.10. The fraction of sp³-hybridized carbons (Fsp3) is 0.462. The first-order valence-electron chi connectivity index (χ1n) is 5.85. The van der Waals surface area contributed by atoms with E-state index in [0.717, 1.165) is 12.0 Å². The summed E-state index contributed by atoms with van der Waals surface area (Å²) in [6.45, 7) is 3.00. The van der Waals surface area contributed by atoms with Crippen LogP contribution < -0.4 is 11.1 Å². The van der Waals surface area contributed by atoms with E-state index in [-0.39, 0.29) is 17.6 Å². The molecule has 1 aromatic rings. The molecule has 0 saturated heterocycles. The van der Waals surface area contributed by atoms with Crippen molar-refractivity contribution in [2.75, 3.05) is 13.1 Å². The second kappa shape index (κ2) is 7.01. The molecule has 1 rings (SSSR count). The fourth-order valence-electron chi connectivity index (χ4n) is 1.60. The highest BCUT2D eigenvalue weighted by Gasteiger charge is 2.12. The Bertz CT molecular complexity index is 368. The monoisotopic (exact) mass is 238 g/mol. The molecular formula is C13H19FN2O. The number of nitrogens with two attached hydrogens (primary N) is 1. The predicted molar refractivity (Wildman–Crippen MR) is 65.9 cm³/mol. The fourth-order valence-corrected chi connectivity index (χ4v) is 1.60. The quantitative estimate of drug-likeness (QED) is 0.737. The van der Waals surface area contributed by atoms with Crippen molar-refractivity contribution in [2.45, 2.75) is 19.8 Å². The first kappa shape index (κ1) is 13.6. The van der Waals surface area contributed by atoms with Crippen LogP contribution in [0.3, 0.4) is 0 Å². The van der Waals surface area contributed by atoms with Crippen LogP contribution in [-0.2, 0) is 11.2 Å². The minimum atomic E-state index is -0.266. The van der Waals surface area contributed by atoms with Gasteiger partial charge in [0.05, 0.1) is 0 Å². The molecule has 3 nitrogen and oxygen atoms in total. The normalized spacial score (nSPS) is 12.2. The first-order valence-corrected chi connectivity index (χ1v) is 5.85. The Morgan fingerprint density at radius 1 is 1.53 bits per heavy atom. The summed E-state index contributed by atoms with van der Waals surface area (Å²) in [7, 11) is 0. The van der Waals surface area contributed by atoms with E-state index in [1.165, 1.54) is 12.1 Å². The first-order chi connectivity index (χ1) is 8.13. The van der Waals surface area contributed by atoms with Crippen molar-refractivity contribution < 1.29 is 9.18 Å². The third kappa shape index (κ3) is 4.95. The summed E-state index contributed by atoms with van der Waals surface area (Å²) in [6.07, 6.45) is 1.32. The van der Waals surface area contributed by atoms with Crippen LogP contribution in [0.2, 0.25) is 0 Å².